The summed E-state index contributed by atoms with van der Waals surface area (Å²) in [5, 5.41) is 4.98. The fourth-order valence-electron chi connectivity index (χ4n) is 1.54. The number of thiophene rings is 1. The van der Waals surface area contributed by atoms with Crippen LogP contribution in [0.15, 0.2) is 16.2 Å². The maximum atomic E-state index is 11.7. The fraction of sp³-hybridized carbons (Fsp3) is 0.455. The molecule has 0 aliphatic heterocycles. The van der Waals surface area contributed by atoms with Gasteiger partial charge in [0.1, 0.15) is 10.5 Å². The molecule has 0 radical (unpaired) electrons. The molecule has 1 atom stereocenters. The van der Waals surface area contributed by atoms with E-state index in [9.17, 15) is 9.00 Å². The van der Waals surface area contributed by atoms with Gasteiger partial charge in [-0.25, -0.2) is 4.98 Å². The minimum Gasteiger partial charge on any atom is -0.309 e. The van der Waals surface area contributed by atoms with Crippen LogP contribution in [0.2, 0.25) is 0 Å². The second kappa shape index (κ2) is 6.21. The van der Waals surface area contributed by atoms with Crippen LogP contribution >= 0.6 is 11.3 Å². The Morgan fingerprint density at radius 1 is 1.56 bits per heavy atom. The highest BCUT2D eigenvalue weighted by molar-refractivity contribution is 7.84. The minimum atomic E-state index is -0.758. The summed E-state index contributed by atoms with van der Waals surface area (Å²) < 4.78 is 11.9. The van der Waals surface area contributed by atoms with Crippen LogP contribution in [-0.4, -0.2) is 32.2 Å². The first-order chi connectivity index (χ1) is 8.70. The Morgan fingerprint density at radius 2 is 2.39 bits per heavy atom. The van der Waals surface area contributed by atoms with E-state index in [0.717, 1.165) is 5.52 Å². The lowest BCUT2D eigenvalue weighted by Crippen LogP contribution is -2.23. The minimum absolute atomic E-state index is 0.0936. The van der Waals surface area contributed by atoms with Gasteiger partial charge in [-0.1, -0.05) is 6.92 Å². The summed E-state index contributed by atoms with van der Waals surface area (Å²) in [4.78, 5) is 18.8. The molecule has 0 bridgehead atoms. The highest BCUT2D eigenvalue weighted by Gasteiger charge is 2.04. The van der Waals surface area contributed by atoms with Crippen molar-refractivity contribution in [3.63, 3.8) is 0 Å². The lowest BCUT2D eigenvalue weighted by Gasteiger charge is -2.03. The third-order valence-corrected chi connectivity index (χ3v) is 4.69. The molecule has 2 aromatic heterocycles. The van der Waals surface area contributed by atoms with Crippen molar-refractivity contribution in [1.29, 1.82) is 0 Å². The Balaban J connectivity index is 1.95. The summed E-state index contributed by atoms with van der Waals surface area (Å²) in [7, 11) is -0.758. The zero-order valence-electron chi connectivity index (χ0n) is 10.1. The van der Waals surface area contributed by atoms with Crippen molar-refractivity contribution in [3.05, 3.63) is 27.6 Å². The molecule has 5 nitrogen and oxygen atoms in total. The third kappa shape index (κ3) is 3.24. The molecule has 0 fully saturated rings. The van der Waals surface area contributed by atoms with E-state index in [0.29, 0.717) is 35.1 Å². The maximum absolute atomic E-state index is 11.7. The van der Waals surface area contributed by atoms with Gasteiger partial charge in [-0.3, -0.25) is 9.00 Å². The van der Waals surface area contributed by atoms with E-state index in [1.54, 1.807) is 0 Å². The molecule has 0 saturated carbocycles. The van der Waals surface area contributed by atoms with Crippen LogP contribution in [-0.2, 0) is 17.3 Å². The van der Waals surface area contributed by atoms with Crippen molar-refractivity contribution in [3.8, 4) is 0 Å². The summed E-state index contributed by atoms with van der Waals surface area (Å²) in [6, 6.07) is 1.84. The number of aromatic amines is 1. The second-order valence-electron chi connectivity index (χ2n) is 3.76. The van der Waals surface area contributed by atoms with E-state index in [-0.39, 0.29) is 5.56 Å². The first-order valence-electron chi connectivity index (χ1n) is 5.72. The molecule has 0 aromatic carbocycles. The molecule has 2 heterocycles. The Labute approximate surface area is 111 Å². The van der Waals surface area contributed by atoms with E-state index in [2.05, 4.69) is 15.3 Å². The smallest absolute Gasteiger partial charge is 0.268 e. The Bertz CT molecular complexity index is 606. The van der Waals surface area contributed by atoms with Crippen molar-refractivity contribution in [1.82, 2.24) is 15.3 Å². The molecular weight excluding hydrogens is 270 g/mol. The van der Waals surface area contributed by atoms with Gasteiger partial charge in [0, 0.05) is 28.9 Å². The standard InChI is InChI=1S/C11H15N3O2S2/c1-2-18(16)6-4-12-7-9-13-8-3-5-17-10(8)11(15)14-9/h3,5,12H,2,4,6-7H2,1H3,(H,13,14,15). The monoisotopic (exact) mass is 285 g/mol. The molecule has 2 N–H and O–H groups in total. The highest BCUT2D eigenvalue weighted by atomic mass is 32.2. The van der Waals surface area contributed by atoms with Gasteiger partial charge in [-0.2, -0.15) is 0 Å². The molecule has 0 aliphatic carbocycles. The van der Waals surface area contributed by atoms with E-state index >= 15 is 0 Å². The predicted octanol–water partition coefficient (Wildman–Crippen LogP) is 0.843. The summed E-state index contributed by atoms with van der Waals surface area (Å²) in [5.41, 5.74) is 0.640. The molecule has 18 heavy (non-hydrogen) atoms. The first kappa shape index (κ1) is 13.4. The summed E-state index contributed by atoms with van der Waals surface area (Å²) in [6.07, 6.45) is 0. The van der Waals surface area contributed by atoms with Gasteiger partial charge in [0.25, 0.3) is 5.56 Å². The van der Waals surface area contributed by atoms with Crippen molar-refractivity contribution in [2.75, 3.05) is 18.1 Å². The van der Waals surface area contributed by atoms with Crippen LogP contribution in [0.25, 0.3) is 10.2 Å². The van der Waals surface area contributed by atoms with Crippen molar-refractivity contribution < 1.29 is 4.21 Å². The zero-order chi connectivity index (χ0) is 13.0. The summed E-state index contributed by atoms with van der Waals surface area (Å²) in [5.74, 6) is 1.92. The molecule has 7 heteroatoms. The number of aromatic nitrogens is 2. The number of H-pyrrole nitrogens is 1. The normalized spacial score (nSPS) is 12.9. The summed E-state index contributed by atoms with van der Waals surface area (Å²) >= 11 is 1.39. The van der Waals surface area contributed by atoms with E-state index in [4.69, 9.17) is 0 Å². The van der Waals surface area contributed by atoms with Crippen LogP contribution < -0.4 is 10.9 Å². The Kier molecular flexibility index (Phi) is 4.62. The van der Waals surface area contributed by atoms with E-state index in [1.165, 1.54) is 11.3 Å². The van der Waals surface area contributed by atoms with Crippen molar-refractivity contribution in [2.45, 2.75) is 13.5 Å². The van der Waals surface area contributed by atoms with Crippen LogP contribution in [0.4, 0.5) is 0 Å². The van der Waals surface area contributed by atoms with Gasteiger partial charge in [0.2, 0.25) is 0 Å². The molecule has 98 valence electrons. The van der Waals surface area contributed by atoms with Gasteiger partial charge < -0.3 is 10.3 Å². The number of hydrogen-bond donors (Lipinski definition) is 2. The van der Waals surface area contributed by atoms with E-state index < -0.39 is 10.8 Å². The van der Waals surface area contributed by atoms with Crippen LogP contribution in [0.3, 0.4) is 0 Å². The second-order valence-corrected chi connectivity index (χ2v) is 6.54. The van der Waals surface area contributed by atoms with Gasteiger partial charge in [-0.05, 0) is 11.4 Å². The zero-order valence-corrected chi connectivity index (χ0v) is 11.7. The average molecular weight is 285 g/mol. The van der Waals surface area contributed by atoms with Crippen LogP contribution in [0.5, 0.6) is 0 Å². The maximum Gasteiger partial charge on any atom is 0.268 e. The lowest BCUT2D eigenvalue weighted by atomic mass is 10.4. The Hall–Kier alpha value is -1.05. The number of hydrogen-bond acceptors (Lipinski definition) is 5. The lowest BCUT2D eigenvalue weighted by molar-refractivity contribution is 0.666. The molecule has 0 spiro atoms. The fourth-order valence-corrected chi connectivity index (χ4v) is 2.93. The molecular formula is C11H15N3O2S2. The average Bonchev–Trinajstić information content (AvgIpc) is 2.83. The summed E-state index contributed by atoms with van der Waals surface area (Å²) in [6.45, 7) is 3.05. The van der Waals surface area contributed by atoms with Crippen LogP contribution in [0.1, 0.15) is 12.7 Å². The van der Waals surface area contributed by atoms with Crippen molar-refractivity contribution in [2.24, 2.45) is 0 Å². The number of fused-ring (bicyclic) bond motifs is 1. The first-order valence-corrected chi connectivity index (χ1v) is 8.09. The van der Waals surface area contributed by atoms with Crippen molar-refractivity contribution >= 4 is 32.4 Å². The third-order valence-electron chi connectivity index (χ3n) is 2.48. The largest absolute Gasteiger partial charge is 0.309 e. The number of nitrogens with one attached hydrogen (secondary N) is 2. The molecule has 0 aliphatic rings. The van der Waals surface area contributed by atoms with Gasteiger partial charge >= 0.3 is 0 Å². The topological polar surface area (TPSA) is 74.8 Å². The van der Waals surface area contributed by atoms with Crippen LogP contribution in [0, 0.1) is 0 Å². The van der Waals surface area contributed by atoms with Gasteiger partial charge in [-0.15, -0.1) is 11.3 Å². The van der Waals surface area contributed by atoms with Gasteiger partial charge in [0.15, 0.2) is 0 Å². The number of rotatable bonds is 6. The van der Waals surface area contributed by atoms with E-state index in [1.807, 2.05) is 18.4 Å². The highest BCUT2D eigenvalue weighted by Crippen LogP contribution is 2.13. The molecule has 2 aromatic rings. The van der Waals surface area contributed by atoms with Gasteiger partial charge in [0.05, 0.1) is 12.1 Å². The molecule has 2 rings (SSSR count). The molecule has 0 amide bonds. The quantitative estimate of drug-likeness (QED) is 0.771. The SMILES string of the molecule is CCS(=O)CCNCc1nc2ccsc2c(=O)[nH]1. The molecule has 1 unspecified atom stereocenters. The predicted molar refractivity (Wildman–Crippen MR) is 75.5 cm³/mol. The molecule has 0 saturated heterocycles. The Morgan fingerprint density at radius 3 is 3.17 bits per heavy atom. The number of nitrogens with zero attached hydrogens (tertiary/aromatic N) is 1.